The predicted molar refractivity (Wildman–Crippen MR) is 60.3 cm³/mol. The number of rotatable bonds is 3. The highest BCUT2D eigenvalue weighted by Crippen LogP contribution is 2.10. The summed E-state index contributed by atoms with van der Waals surface area (Å²) in [7, 11) is 0. The summed E-state index contributed by atoms with van der Waals surface area (Å²) in [4.78, 5) is 16.1. The van der Waals surface area contributed by atoms with Crippen LogP contribution in [-0.2, 0) is 11.3 Å². The van der Waals surface area contributed by atoms with Crippen LogP contribution in [0.15, 0.2) is 6.20 Å². The van der Waals surface area contributed by atoms with E-state index in [-0.39, 0.29) is 5.91 Å². The van der Waals surface area contributed by atoms with Crippen molar-refractivity contribution < 1.29 is 4.79 Å². The van der Waals surface area contributed by atoms with Gasteiger partial charge in [-0.15, -0.1) is 11.3 Å². The van der Waals surface area contributed by atoms with Gasteiger partial charge in [0.05, 0.1) is 11.6 Å². The van der Waals surface area contributed by atoms with Gasteiger partial charge in [-0.25, -0.2) is 4.98 Å². The standard InChI is InChI=1S/C8H12N2OS.C2H6/c1-3-8(11)10-5-7-4-9-6(2)12-7;1-2/h4H,3,5H2,1-2H3,(H,10,11);1-2H3. The molecule has 80 valence electrons. The average molecular weight is 214 g/mol. The Bertz CT molecular complexity index is 271. The van der Waals surface area contributed by atoms with Crippen molar-refractivity contribution in [2.45, 2.75) is 40.7 Å². The first-order valence-corrected chi connectivity index (χ1v) is 5.72. The molecule has 0 spiro atoms. The van der Waals surface area contributed by atoms with E-state index in [0.717, 1.165) is 9.88 Å². The Kier molecular flexibility index (Phi) is 7.02. The van der Waals surface area contributed by atoms with Crippen LogP contribution >= 0.6 is 11.3 Å². The SMILES string of the molecule is CC.CCC(=O)NCc1cnc(C)s1. The molecule has 1 rings (SSSR count). The second kappa shape index (κ2) is 7.50. The molecule has 0 radical (unpaired) electrons. The Hall–Kier alpha value is -0.900. The lowest BCUT2D eigenvalue weighted by atomic mass is 10.4. The van der Waals surface area contributed by atoms with E-state index in [1.54, 1.807) is 17.5 Å². The molecule has 1 amide bonds. The molecule has 0 fully saturated rings. The molecular formula is C10H18N2OS. The highest BCUT2D eigenvalue weighted by molar-refractivity contribution is 7.11. The second-order valence-electron chi connectivity index (χ2n) is 2.48. The van der Waals surface area contributed by atoms with Crippen molar-refractivity contribution in [1.29, 1.82) is 0 Å². The fraction of sp³-hybridized carbons (Fsp3) is 0.600. The smallest absolute Gasteiger partial charge is 0.220 e. The number of thiazole rings is 1. The Morgan fingerprint density at radius 2 is 2.21 bits per heavy atom. The van der Waals surface area contributed by atoms with Gasteiger partial charge in [0.2, 0.25) is 5.91 Å². The monoisotopic (exact) mass is 214 g/mol. The van der Waals surface area contributed by atoms with Crippen molar-refractivity contribution in [1.82, 2.24) is 10.3 Å². The Labute approximate surface area is 89.6 Å². The van der Waals surface area contributed by atoms with Gasteiger partial charge in [-0.05, 0) is 6.92 Å². The van der Waals surface area contributed by atoms with Gasteiger partial charge in [0.1, 0.15) is 0 Å². The van der Waals surface area contributed by atoms with Crippen molar-refractivity contribution >= 4 is 17.2 Å². The molecule has 1 aromatic heterocycles. The van der Waals surface area contributed by atoms with E-state index in [1.807, 2.05) is 27.7 Å². The third-order valence-corrected chi connectivity index (χ3v) is 2.36. The Morgan fingerprint density at radius 1 is 1.57 bits per heavy atom. The highest BCUT2D eigenvalue weighted by Gasteiger charge is 1.99. The normalized spacial score (nSPS) is 8.86. The van der Waals surface area contributed by atoms with Gasteiger partial charge in [0.25, 0.3) is 0 Å². The van der Waals surface area contributed by atoms with E-state index >= 15 is 0 Å². The van der Waals surface area contributed by atoms with Crippen LogP contribution in [0.4, 0.5) is 0 Å². The van der Waals surface area contributed by atoms with Crippen LogP contribution in [0, 0.1) is 6.92 Å². The number of hydrogen-bond acceptors (Lipinski definition) is 3. The molecule has 0 saturated heterocycles. The van der Waals surface area contributed by atoms with E-state index in [0.29, 0.717) is 13.0 Å². The van der Waals surface area contributed by atoms with Crippen LogP contribution < -0.4 is 5.32 Å². The molecule has 4 heteroatoms. The zero-order chi connectivity index (χ0) is 11.0. The van der Waals surface area contributed by atoms with E-state index in [2.05, 4.69) is 10.3 Å². The first-order valence-electron chi connectivity index (χ1n) is 4.90. The summed E-state index contributed by atoms with van der Waals surface area (Å²) in [6, 6.07) is 0. The Morgan fingerprint density at radius 3 is 2.64 bits per heavy atom. The summed E-state index contributed by atoms with van der Waals surface area (Å²) in [6.45, 7) is 8.40. The largest absolute Gasteiger partial charge is 0.351 e. The molecule has 0 aromatic carbocycles. The van der Waals surface area contributed by atoms with Gasteiger partial charge < -0.3 is 5.32 Å². The van der Waals surface area contributed by atoms with E-state index < -0.39 is 0 Å². The first-order chi connectivity index (χ1) is 6.72. The predicted octanol–water partition coefficient (Wildman–Crippen LogP) is 2.50. The fourth-order valence-electron chi connectivity index (χ4n) is 0.798. The summed E-state index contributed by atoms with van der Waals surface area (Å²) in [5, 5.41) is 3.83. The van der Waals surface area contributed by atoms with Crippen LogP contribution in [0.3, 0.4) is 0 Å². The summed E-state index contributed by atoms with van der Waals surface area (Å²) >= 11 is 1.61. The molecule has 0 aliphatic heterocycles. The van der Waals surface area contributed by atoms with Crippen molar-refractivity contribution in [3.8, 4) is 0 Å². The average Bonchev–Trinajstić information content (AvgIpc) is 2.64. The van der Waals surface area contributed by atoms with Gasteiger partial charge in [-0.3, -0.25) is 4.79 Å². The number of hydrogen-bond donors (Lipinski definition) is 1. The van der Waals surface area contributed by atoms with Gasteiger partial charge in [-0.2, -0.15) is 0 Å². The molecule has 0 aliphatic rings. The number of aryl methyl sites for hydroxylation is 1. The minimum Gasteiger partial charge on any atom is -0.351 e. The number of carbonyl (C=O) groups excluding carboxylic acids is 1. The van der Waals surface area contributed by atoms with Gasteiger partial charge >= 0.3 is 0 Å². The number of nitrogens with one attached hydrogen (secondary N) is 1. The van der Waals surface area contributed by atoms with E-state index in [9.17, 15) is 4.79 Å². The van der Waals surface area contributed by atoms with Gasteiger partial charge in [-0.1, -0.05) is 20.8 Å². The van der Waals surface area contributed by atoms with Crippen molar-refractivity contribution in [2.24, 2.45) is 0 Å². The molecule has 1 aromatic rings. The highest BCUT2D eigenvalue weighted by atomic mass is 32.1. The molecule has 0 unspecified atom stereocenters. The molecule has 3 nitrogen and oxygen atoms in total. The maximum atomic E-state index is 10.9. The summed E-state index contributed by atoms with van der Waals surface area (Å²) in [5.41, 5.74) is 0. The molecule has 0 saturated carbocycles. The van der Waals surface area contributed by atoms with Crippen LogP contribution in [0.5, 0.6) is 0 Å². The van der Waals surface area contributed by atoms with Crippen molar-refractivity contribution in [3.05, 3.63) is 16.1 Å². The lowest BCUT2D eigenvalue weighted by Gasteiger charge is -1.98. The first kappa shape index (κ1) is 13.1. The van der Waals surface area contributed by atoms with E-state index in [1.165, 1.54) is 0 Å². The number of carbonyl (C=O) groups is 1. The molecule has 0 aliphatic carbocycles. The maximum Gasteiger partial charge on any atom is 0.220 e. The van der Waals surface area contributed by atoms with Crippen LogP contribution in [0.1, 0.15) is 37.1 Å². The molecule has 0 atom stereocenters. The molecular weight excluding hydrogens is 196 g/mol. The molecule has 1 heterocycles. The number of aromatic nitrogens is 1. The molecule has 1 N–H and O–H groups in total. The van der Waals surface area contributed by atoms with Gasteiger partial charge in [0.15, 0.2) is 0 Å². The minimum atomic E-state index is 0.0843. The van der Waals surface area contributed by atoms with E-state index in [4.69, 9.17) is 0 Å². The second-order valence-corrected chi connectivity index (χ2v) is 3.80. The molecule has 14 heavy (non-hydrogen) atoms. The molecule has 0 bridgehead atoms. The lowest BCUT2D eigenvalue weighted by molar-refractivity contribution is -0.120. The zero-order valence-corrected chi connectivity index (χ0v) is 10.1. The summed E-state index contributed by atoms with van der Waals surface area (Å²) in [5.74, 6) is 0.0843. The third kappa shape index (κ3) is 4.97. The number of nitrogens with zero attached hydrogens (tertiary/aromatic N) is 1. The zero-order valence-electron chi connectivity index (χ0n) is 9.26. The fourth-order valence-corrected chi connectivity index (χ4v) is 1.53. The summed E-state index contributed by atoms with van der Waals surface area (Å²) < 4.78 is 0. The van der Waals surface area contributed by atoms with Crippen LogP contribution in [-0.4, -0.2) is 10.9 Å². The van der Waals surface area contributed by atoms with Crippen LogP contribution in [0.25, 0.3) is 0 Å². The summed E-state index contributed by atoms with van der Waals surface area (Å²) in [6.07, 6.45) is 2.34. The maximum absolute atomic E-state index is 10.9. The topological polar surface area (TPSA) is 42.0 Å². The quantitative estimate of drug-likeness (QED) is 0.840. The van der Waals surface area contributed by atoms with Crippen LogP contribution in [0.2, 0.25) is 0 Å². The minimum absolute atomic E-state index is 0.0843. The van der Waals surface area contributed by atoms with Crippen molar-refractivity contribution in [3.63, 3.8) is 0 Å². The van der Waals surface area contributed by atoms with Crippen molar-refractivity contribution in [2.75, 3.05) is 0 Å². The lowest BCUT2D eigenvalue weighted by Crippen LogP contribution is -2.20. The number of amides is 1. The Balaban J connectivity index is 0.000000791. The van der Waals surface area contributed by atoms with Gasteiger partial charge in [0, 0.05) is 17.5 Å². The third-order valence-electron chi connectivity index (χ3n) is 1.45.